The molecule has 1 fully saturated rings. The lowest BCUT2D eigenvalue weighted by molar-refractivity contribution is 0.214. The Labute approximate surface area is 138 Å². The van der Waals surface area contributed by atoms with Crippen LogP contribution in [0.4, 0.5) is 14.9 Å². The summed E-state index contributed by atoms with van der Waals surface area (Å²) in [6.45, 7) is 0.618. The number of hydrogen-bond acceptors (Lipinski definition) is 3. The van der Waals surface area contributed by atoms with Gasteiger partial charge in [-0.3, -0.25) is 0 Å². The highest BCUT2D eigenvalue weighted by Crippen LogP contribution is 2.39. The molecule has 2 amide bonds. The summed E-state index contributed by atoms with van der Waals surface area (Å²) in [6.07, 6.45) is 0. The number of rotatable bonds is 3. The van der Waals surface area contributed by atoms with E-state index in [1.54, 1.807) is 42.0 Å². The number of amides is 2. The van der Waals surface area contributed by atoms with Crippen LogP contribution in [-0.2, 0) is 0 Å². The Kier molecular flexibility index (Phi) is 4.71. The minimum Gasteiger partial charge on any atom is -0.497 e. The number of hydrogen-bond donors (Lipinski definition) is 1. The highest BCUT2D eigenvalue weighted by molar-refractivity contribution is 7.99. The number of anilines is 1. The van der Waals surface area contributed by atoms with Crippen molar-refractivity contribution in [2.75, 3.05) is 24.7 Å². The van der Waals surface area contributed by atoms with Gasteiger partial charge < -0.3 is 15.0 Å². The maximum absolute atomic E-state index is 13.7. The first-order chi connectivity index (χ1) is 11.2. The number of carbonyl (C=O) groups is 1. The van der Waals surface area contributed by atoms with E-state index in [1.807, 2.05) is 24.3 Å². The number of halogens is 1. The Morgan fingerprint density at radius 2 is 2.13 bits per heavy atom. The number of thioether (sulfide) groups is 1. The summed E-state index contributed by atoms with van der Waals surface area (Å²) < 4.78 is 18.9. The van der Waals surface area contributed by atoms with E-state index in [2.05, 4.69) is 5.32 Å². The molecule has 1 aliphatic heterocycles. The Hall–Kier alpha value is -2.21. The smallest absolute Gasteiger partial charge is 0.323 e. The van der Waals surface area contributed by atoms with Crippen LogP contribution in [0.2, 0.25) is 0 Å². The lowest BCUT2D eigenvalue weighted by Crippen LogP contribution is -2.34. The van der Waals surface area contributed by atoms with Crippen LogP contribution in [0, 0.1) is 5.82 Å². The average Bonchev–Trinajstić information content (AvgIpc) is 3.07. The Bertz CT molecular complexity index is 710. The Morgan fingerprint density at radius 3 is 2.91 bits per heavy atom. The molecule has 0 radical (unpaired) electrons. The van der Waals surface area contributed by atoms with Crippen molar-refractivity contribution in [2.45, 2.75) is 5.37 Å². The zero-order valence-electron chi connectivity index (χ0n) is 12.7. The molecule has 23 heavy (non-hydrogen) atoms. The average molecular weight is 332 g/mol. The van der Waals surface area contributed by atoms with Crippen LogP contribution in [0.1, 0.15) is 10.9 Å². The third-order valence-electron chi connectivity index (χ3n) is 3.65. The third kappa shape index (κ3) is 3.42. The van der Waals surface area contributed by atoms with E-state index in [0.29, 0.717) is 6.54 Å². The van der Waals surface area contributed by atoms with Gasteiger partial charge in [-0.25, -0.2) is 9.18 Å². The van der Waals surface area contributed by atoms with E-state index in [0.717, 1.165) is 17.1 Å². The highest BCUT2D eigenvalue weighted by atomic mass is 32.2. The van der Waals surface area contributed by atoms with E-state index < -0.39 is 5.82 Å². The number of nitrogens with one attached hydrogen (secondary N) is 1. The van der Waals surface area contributed by atoms with Crippen molar-refractivity contribution >= 4 is 23.5 Å². The molecule has 0 bridgehead atoms. The van der Waals surface area contributed by atoms with E-state index >= 15 is 0 Å². The Balaban J connectivity index is 1.78. The molecule has 3 rings (SSSR count). The van der Waals surface area contributed by atoms with Crippen LogP contribution in [0.5, 0.6) is 5.75 Å². The highest BCUT2D eigenvalue weighted by Gasteiger charge is 2.31. The maximum Gasteiger partial charge on any atom is 0.323 e. The number of methoxy groups -OCH3 is 1. The molecule has 2 aromatic rings. The second-order valence-electron chi connectivity index (χ2n) is 5.10. The zero-order chi connectivity index (χ0) is 16.2. The first-order valence-corrected chi connectivity index (χ1v) is 8.31. The minimum atomic E-state index is -0.439. The van der Waals surface area contributed by atoms with E-state index in [1.165, 1.54) is 6.07 Å². The first kappa shape index (κ1) is 15.7. The van der Waals surface area contributed by atoms with Gasteiger partial charge in [0, 0.05) is 12.3 Å². The fourth-order valence-corrected chi connectivity index (χ4v) is 3.74. The molecule has 0 aliphatic carbocycles. The standard InChI is InChI=1S/C17H17FN2O2S/c1-22-13-6-4-5-12(11-13)16-20(9-10-23-16)17(21)19-15-8-3-2-7-14(15)18/h2-8,11,16H,9-10H2,1H3,(H,19,21). The predicted octanol–water partition coefficient (Wildman–Crippen LogP) is 4.11. The summed E-state index contributed by atoms with van der Waals surface area (Å²) in [6, 6.07) is 13.5. The molecule has 0 saturated carbocycles. The van der Waals surface area contributed by atoms with Gasteiger partial charge in [0.1, 0.15) is 16.9 Å². The molecule has 1 heterocycles. The second kappa shape index (κ2) is 6.91. The molecular formula is C17H17FN2O2S. The van der Waals surface area contributed by atoms with Crippen LogP contribution >= 0.6 is 11.8 Å². The van der Waals surface area contributed by atoms with Gasteiger partial charge in [-0.1, -0.05) is 24.3 Å². The number of ether oxygens (including phenoxy) is 1. The van der Waals surface area contributed by atoms with Crippen molar-refractivity contribution in [3.63, 3.8) is 0 Å². The van der Waals surface area contributed by atoms with Gasteiger partial charge in [-0.15, -0.1) is 11.8 Å². The van der Waals surface area contributed by atoms with Crippen LogP contribution in [-0.4, -0.2) is 30.3 Å². The second-order valence-corrected chi connectivity index (χ2v) is 6.29. The SMILES string of the molecule is COc1cccc(C2SCCN2C(=O)Nc2ccccc2F)c1. The Morgan fingerprint density at radius 1 is 1.30 bits per heavy atom. The summed E-state index contributed by atoms with van der Waals surface area (Å²) >= 11 is 1.68. The molecular weight excluding hydrogens is 315 g/mol. The molecule has 120 valence electrons. The van der Waals surface area contributed by atoms with Gasteiger partial charge in [-0.2, -0.15) is 0 Å². The van der Waals surface area contributed by atoms with Crippen molar-refractivity contribution in [2.24, 2.45) is 0 Å². The molecule has 1 saturated heterocycles. The van der Waals surface area contributed by atoms with Crippen molar-refractivity contribution < 1.29 is 13.9 Å². The summed E-state index contributed by atoms with van der Waals surface area (Å²) in [7, 11) is 1.61. The normalized spacial score (nSPS) is 17.1. The lowest BCUT2D eigenvalue weighted by Gasteiger charge is -2.24. The molecule has 4 nitrogen and oxygen atoms in total. The summed E-state index contributed by atoms with van der Waals surface area (Å²) in [4.78, 5) is 14.2. The number of benzene rings is 2. The molecule has 2 aromatic carbocycles. The molecule has 0 spiro atoms. The maximum atomic E-state index is 13.7. The van der Waals surface area contributed by atoms with Crippen molar-refractivity contribution in [1.82, 2.24) is 4.90 Å². The largest absolute Gasteiger partial charge is 0.497 e. The fourth-order valence-electron chi connectivity index (χ4n) is 2.50. The monoisotopic (exact) mass is 332 g/mol. The number of nitrogens with zero attached hydrogens (tertiary/aromatic N) is 1. The lowest BCUT2D eigenvalue weighted by atomic mass is 10.2. The van der Waals surface area contributed by atoms with Crippen LogP contribution in [0.25, 0.3) is 0 Å². The van der Waals surface area contributed by atoms with Gasteiger partial charge in [0.05, 0.1) is 12.8 Å². The van der Waals surface area contributed by atoms with Gasteiger partial charge in [0.2, 0.25) is 0 Å². The third-order valence-corrected chi connectivity index (χ3v) is 4.91. The topological polar surface area (TPSA) is 41.6 Å². The van der Waals surface area contributed by atoms with E-state index in [-0.39, 0.29) is 17.1 Å². The van der Waals surface area contributed by atoms with E-state index in [4.69, 9.17) is 4.74 Å². The number of para-hydroxylation sites is 1. The quantitative estimate of drug-likeness (QED) is 0.919. The molecule has 1 unspecified atom stereocenters. The molecule has 1 N–H and O–H groups in total. The van der Waals surface area contributed by atoms with Crippen LogP contribution in [0.15, 0.2) is 48.5 Å². The van der Waals surface area contributed by atoms with Gasteiger partial charge in [0.25, 0.3) is 0 Å². The number of urea groups is 1. The van der Waals surface area contributed by atoms with Crippen molar-refractivity contribution in [1.29, 1.82) is 0 Å². The van der Waals surface area contributed by atoms with Gasteiger partial charge in [-0.05, 0) is 29.8 Å². The van der Waals surface area contributed by atoms with E-state index in [9.17, 15) is 9.18 Å². The molecule has 6 heteroatoms. The van der Waals surface area contributed by atoms with Crippen molar-refractivity contribution in [3.8, 4) is 5.75 Å². The first-order valence-electron chi connectivity index (χ1n) is 7.27. The minimum absolute atomic E-state index is 0.100. The predicted molar refractivity (Wildman–Crippen MR) is 90.3 cm³/mol. The van der Waals surface area contributed by atoms with Gasteiger partial charge in [0.15, 0.2) is 0 Å². The van der Waals surface area contributed by atoms with Crippen LogP contribution < -0.4 is 10.1 Å². The van der Waals surface area contributed by atoms with Crippen LogP contribution in [0.3, 0.4) is 0 Å². The summed E-state index contributed by atoms with van der Waals surface area (Å²) in [5.74, 6) is 1.15. The summed E-state index contributed by atoms with van der Waals surface area (Å²) in [5, 5.41) is 2.55. The molecule has 1 atom stereocenters. The van der Waals surface area contributed by atoms with Gasteiger partial charge >= 0.3 is 6.03 Å². The fraction of sp³-hybridized carbons (Fsp3) is 0.235. The summed E-state index contributed by atoms with van der Waals surface area (Å²) in [5.41, 5.74) is 1.19. The molecule has 1 aliphatic rings. The number of carbonyl (C=O) groups excluding carboxylic acids is 1. The zero-order valence-corrected chi connectivity index (χ0v) is 13.5. The molecule has 0 aromatic heterocycles. The van der Waals surface area contributed by atoms with Crippen molar-refractivity contribution in [3.05, 3.63) is 59.9 Å².